The Balaban J connectivity index is 3.08. The highest BCUT2D eigenvalue weighted by Crippen LogP contribution is 2.15. The maximum atomic E-state index is 11.5. The Labute approximate surface area is 233 Å². The van der Waals surface area contributed by atoms with Gasteiger partial charge in [-0.3, -0.25) is 0 Å². The highest BCUT2D eigenvalue weighted by Gasteiger charge is 2.03. The Morgan fingerprint density at radius 2 is 0.514 bits per heavy atom. The van der Waals surface area contributed by atoms with Crippen LogP contribution in [0.15, 0.2) is 0 Å². The average Bonchev–Trinajstić information content (AvgIpc) is 2.90. The maximum Gasteiger partial charge on any atom is 0.508 e. The zero-order valence-corrected chi connectivity index (χ0v) is 25.6. The van der Waals surface area contributed by atoms with Crippen molar-refractivity contribution in [2.75, 3.05) is 13.2 Å². The van der Waals surface area contributed by atoms with Crippen molar-refractivity contribution in [3.05, 3.63) is 0 Å². The van der Waals surface area contributed by atoms with Gasteiger partial charge >= 0.3 is 6.16 Å². The SMILES string of the molecule is CCCCCCCCCCCCCCCCCCCCCCCCCCCOC(=O)OCCCCCC. The molecule has 0 unspecified atom stereocenters. The van der Waals surface area contributed by atoms with Gasteiger partial charge in [-0.15, -0.1) is 0 Å². The summed E-state index contributed by atoms with van der Waals surface area (Å²) < 4.78 is 10.2. The van der Waals surface area contributed by atoms with Crippen molar-refractivity contribution >= 4 is 6.16 Å². The van der Waals surface area contributed by atoms with Gasteiger partial charge in [-0.1, -0.05) is 187 Å². The van der Waals surface area contributed by atoms with Crippen molar-refractivity contribution in [3.63, 3.8) is 0 Å². The quantitative estimate of drug-likeness (QED) is 0.0668. The van der Waals surface area contributed by atoms with Crippen LogP contribution in [0.1, 0.15) is 200 Å². The molecule has 0 N–H and O–H groups in total. The van der Waals surface area contributed by atoms with Crippen LogP contribution in [0.2, 0.25) is 0 Å². The molecule has 0 saturated carbocycles. The second-order valence-corrected chi connectivity index (χ2v) is 11.5. The monoisotopic (exact) mass is 525 g/mol. The van der Waals surface area contributed by atoms with E-state index in [2.05, 4.69) is 13.8 Å². The van der Waals surface area contributed by atoms with Gasteiger partial charge in [0.15, 0.2) is 0 Å². The molecular weight excluding hydrogens is 456 g/mol. The van der Waals surface area contributed by atoms with Gasteiger partial charge in [-0.25, -0.2) is 4.79 Å². The number of carbonyl (C=O) groups is 1. The van der Waals surface area contributed by atoms with Crippen LogP contribution < -0.4 is 0 Å². The van der Waals surface area contributed by atoms with Gasteiger partial charge in [-0.2, -0.15) is 0 Å². The molecule has 0 aliphatic carbocycles. The van der Waals surface area contributed by atoms with Crippen molar-refractivity contribution in [2.24, 2.45) is 0 Å². The molecule has 0 aliphatic heterocycles. The van der Waals surface area contributed by atoms with Gasteiger partial charge in [0.1, 0.15) is 0 Å². The maximum absolute atomic E-state index is 11.5. The summed E-state index contributed by atoms with van der Waals surface area (Å²) in [6.07, 6.45) is 39.0. The van der Waals surface area contributed by atoms with E-state index in [0.717, 1.165) is 25.7 Å². The molecule has 0 aromatic heterocycles. The Morgan fingerprint density at radius 3 is 0.757 bits per heavy atom. The van der Waals surface area contributed by atoms with Gasteiger partial charge in [0, 0.05) is 0 Å². The van der Waals surface area contributed by atoms with Crippen molar-refractivity contribution < 1.29 is 14.3 Å². The molecule has 0 radical (unpaired) electrons. The van der Waals surface area contributed by atoms with Crippen LogP contribution in [0.25, 0.3) is 0 Å². The molecule has 0 aromatic rings. The average molecular weight is 525 g/mol. The predicted octanol–water partition coefficient (Wildman–Crippen LogP) is 12.5. The second kappa shape index (κ2) is 33.3. The van der Waals surface area contributed by atoms with Gasteiger partial charge < -0.3 is 9.47 Å². The molecule has 3 nitrogen and oxygen atoms in total. The molecule has 0 aliphatic rings. The molecule has 222 valence electrons. The standard InChI is InChI=1S/C34H68O3/c1-3-5-7-9-10-11-12-13-14-15-16-17-18-19-20-21-22-23-24-25-26-27-28-29-31-33-37-34(35)36-32-30-8-6-4-2/h3-33H2,1-2H3. The summed E-state index contributed by atoms with van der Waals surface area (Å²) in [5, 5.41) is 0. The summed E-state index contributed by atoms with van der Waals surface area (Å²) in [4.78, 5) is 11.5. The van der Waals surface area contributed by atoms with E-state index in [4.69, 9.17) is 9.47 Å². The molecular formula is C34H68O3. The first-order valence-corrected chi connectivity index (χ1v) is 17.1. The molecule has 0 aromatic carbocycles. The van der Waals surface area contributed by atoms with E-state index < -0.39 is 6.16 Å². The molecule has 0 spiro atoms. The first kappa shape index (κ1) is 36.3. The number of rotatable bonds is 31. The zero-order chi connectivity index (χ0) is 26.9. The summed E-state index contributed by atoms with van der Waals surface area (Å²) in [6, 6.07) is 0. The van der Waals surface area contributed by atoms with E-state index in [1.54, 1.807) is 0 Å². The molecule has 37 heavy (non-hydrogen) atoms. The lowest BCUT2D eigenvalue weighted by atomic mass is 10.0. The predicted molar refractivity (Wildman–Crippen MR) is 163 cm³/mol. The Bertz CT molecular complexity index is 423. The lowest BCUT2D eigenvalue weighted by molar-refractivity contribution is 0.0529. The number of hydrogen-bond donors (Lipinski definition) is 0. The lowest BCUT2D eigenvalue weighted by Gasteiger charge is -2.06. The third kappa shape index (κ3) is 33.2. The van der Waals surface area contributed by atoms with E-state index in [-0.39, 0.29) is 0 Å². The van der Waals surface area contributed by atoms with Gasteiger partial charge in [0.05, 0.1) is 13.2 Å². The van der Waals surface area contributed by atoms with Gasteiger partial charge in [0.2, 0.25) is 0 Å². The minimum Gasteiger partial charge on any atom is -0.434 e. The van der Waals surface area contributed by atoms with Crippen LogP contribution in [0.4, 0.5) is 4.79 Å². The zero-order valence-electron chi connectivity index (χ0n) is 25.6. The topological polar surface area (TPSA) is 35.5 Å². The molecule has 3 heteroatoms. The normalized spacial score (nSPS) is 11.2. The molecule has 0 fully saturated rings. The Hall–Kier alpha value is -0.730. The van der Waals surface area contributed by atoms with Crippen LogP contribution in [0.5, 0.6) is 0 Å². The number of hydrogen-bond acceptors (Lipinski definition) is 3. The molecule has 0 amide bonds. The van der Waals surface area contributed by atoms with Crippen LogP contribution in [-0.4, -0.2) is 19.4 Å². The van der Waals surface area contributed by atoms with Crippen LogP contribution >= 0.6 is 0 Å². The van der Waals surface area contributed by atoms with Crippen LogP contribution in [-0.2, 0) is 9.47 Å². The fourth-order valence-electron chi connectivity index (χ4n) is 5.12. The molecule has 0 atom stereocenters. The van der Waals surface area contributed by atoms with Gasteiger partial charge in [0.25, 0.3) is 0 Å². The molecule has 0 saturated heterocycles. The van der Waals surface area contributed by atoms with E-state index in [1.807, 2.05) is 0 Å². The molecule has 0 heterocycles. The number of ether oxygens (including phenoxy) is 2. The van der Waals surface area contributed by atoms with Crippen LogP contribution in [0, 0.1) is 0 Å². The van der Waals surface area contributed by atoms with Crippen molar-refractivity contribution in [3.8, 4) is 0 Å². The lowest BCUT2D eigenvalue weighted by Crippen LogP contribution is -2.09. The third-order valence-electron chi connectivity index (χ3n) is 7.69. The Kier molecular flexibility index (Phi) is 32.6. The summed E-state index contributed by atoms with van der Waals surface area (Å²) in [5.74, 6) is 0. The highest BCUT2D eigenvalue weighted by atomic mass is 16.7. The smallest absolute Gasteiger partial charge is 0.434 e. The largest absolute Gasteiger partial charge is 0.508 e. The van der Waals surface area contributed by atoms with E-state index in [0.29, 0.717) is 13.2 Å². The summed E-state index contributed by atoms with van der Waals surface area (Å²) >= 11 is 0. The van der Waals surface area contributed by atoms with E-state index in [9.17, 15) is 4.79 Å². The highest BCUT2D eigenvalue weighted by molar-refractivity contribution is 5.59. The summed E-state index contributed by atoms with van der Waals surface area (Å²) in [6.45, 7) is 5.48. The van der Waals surface area contributed by atoms with Crippen molar-refractivity contribution in [1.82, 2.24) is 0 Å². The van der Waals surface area contributed by atoms with E-state index in [1.165, 1.54) is 161 Å². The summed E-state index contributed by atoms with van der Waals surface area (Å²) in [5.41, 5.74) is 0. The number of carbonyl (C=O) groups excluding carboxylic acids is 1. The first-order chi connectivity index (χ1) is 18.3. The van der Waals surface area contributed by atoms with Crippen molar-refractivity contribution in [1.29, 1.82) is 0 Å². The minimum atomic E-state index is -0.485. The fraction of sp³-hybridized carbons (Fsp3) is 0.971. The molecule has 0 bridgehead atoms. The van der Waals surface area contributed by atoms with Gasteiger partial charge in [-0.05, 0) is 12.8 Å². The second-order valence-electron chi connectivity index (χ2n) is 11.5. The fourth-order valence-corrected chi connectivity index (χ4v) is 5.12. The molecule has 0 rings (SSSR count). The minimum absolute atomic E-state index is 0.485. The summed E-state index contributed by atoms with van der Waals surface area (Å²) in [7, 11) is 0. The third-order valence-corrected chi connectivity index (χ3v) is 7.69. The Morgan fingerprint density at radius 1 is 0.324 bits per heavy atom. The number of unbranched alkanes of at least 4 members (excludes halogenated alkanes) is 27. The van der Waals surface area contributed by atoms with Crippen molar-refractivity contribution in [2.45, 2.75) is 200 Å². The first-order valence-electron chi connectivity index (χ1n) is 17.1. The van der Waals surface area contributed by atoms with E-state index >= 15 is 0 Å². The van der Waals surface area contributed by atoms with Crippen LogP contribution in [0.3, 0.4) is 0 Å².